The van der Waals surface area contributed by atoms with Gasteiger partial charge in [0.05, 0.1) is 24.1 Å². The fourth-order valence-corrected chi connectivity index (χ4v) is 3.51. The highest BCUT2D eigenvalue weighted by Crippen LogP contribution is 2.19. The van der Waals surface area contributed by atoms with Gasteiger partial charge in [-0.25, -0.2) is 8.42 Å². The molecule has 0 unspecified atom stereocenters. The van der Waals surface area contributed by atoms with E-state index in [4.69, 9.17) is 11.6 Å². The summed E-state index contributed by atoms with van der Waals surface area (Å²) < 4.78 is 25.4. The van der Waals surface area contributed by atoms with Crippen LogP contribution in [-0.4, -0.2) is 43.4 Å². The molecule has 9 heteroatoms. The summed E-state index contributed by atoms with van der Waals surface area (Å²) >= 11 is 6.12. The average Bonchev–Trinajstić information content (AvgIpc) is 2.62. The van der Waals surface area contributed by atoms with Crippen molar-refractivity contribution in [2.75, 3.05) is 18.1 Å². The zero-order chi connectivity index (χ0) is 21.6. The van der Waals surface area contributed by atoms with Gasteiger partial charge in [0.25, 0.3) is 5.91 Å². The number of benzene rings is 2. The molecule has 0 aliphatic rings. The second kappa shape index (κ2) is 9.87. The highest BCUT2D eigenvalue weighted by Gasteiger charge is 2.22. The summed E-state index contributed by atoms with van der Waals surface area (Å²) in [7, 11) is -3.67. The zero-order valence-corrected chi connectivity index (χ0v) is 18.0. The molecule has 0 spiro atoms. The Morgan fingerprint density at radius 3 is 2.31 bits per heavy atom. The van der Waals surface area contributed by atoms with E-state index in [0.717, 1.165) is 10.6 Å². The Morgan fingerprint density at radius 2 is 1.69 bits per heavy atom. The Labute approximate surface area is 176 Å². The van der Waals surface area contributed by atoms with Crippen LogP contribution in [0.4, 0.5) is 5.69 Å². The van der Waals surface area contributed by atoms with E-state index >= 15 is 0 Å². The summed E-state index contributed by atoms with van der Waals surface area (Å²) in [6.45, 7) is 3.21. The van der Waals surface area contributed by atoms with Gasteiger partial charge in [-0.05, 0) is 37.6 Å². The molecule has 0 atom stereocenters. The molecular formula is C20H24ClN3O4S. The van der Waals surface area contributed by atoms with E-state index in [1.165, 1.54) is 0 Å². The minimum absolute atomic E-state index is 0.0403. The number of nitrogens with one attached hydrogen (secondary N) is 2. The molecule has 0 saturated carbocycles. The van der Waals surface area contributed by atoms with Crippen molar-refractivity contribution in [1.29, 1.82) is 0 Å². The number of nitrogens with zero attached hydrogens (tertiary/aromatic N) is 1. The third-order valence-electron chi connectivity index (χ3n) is 3.96. The van der Waals surface area contributed by atoms with Gasteiger partial charge in [-0.2, -0.15) is 4.31 Å². The lowest BCUT2D eigenvalue weighted by molar-refractivity contribution is -0.116. The summed E-state index contributed by atoms with van der Waals surface area (Å²) in [6, 6.07) is 13.3. The molecule has 7 nitrogen and oxygen atoms in total. The van der Waals surface area contributed by atoms with Crippen LogP contribution in [0, 0.1) is 0 Å². The molecule has 2 aromatic rings. The lowest BCUT2D eigenvalue weighted by atomic mass is 10.1. The number of sulfonamides is 1. The molecule has 2 aromatic carbocycles. The summed E-state index contributed by atoms with van der Waals surface area (Å²) in [5.74, 6) is -0.890. The molecule has 0 radical (unpaired) electrons. The van der Waals surface area contributed by atoms with Gasteiger partial charge in [-0.1, -0.05) is 41.9 Å². The first kappa shape index (κ1) is 22.9. The van der Waals surface area contributed by atoms with E-state index in [2.05, 4.69) is 10.6 Å². The van der Waals surface area contributed by atoms with E-state index < -0.39 is 22.5 Å². The Bertz CT molecular complexity index is 993. The first-order valence-electron chi connectivity index (χ1n) is 8.96. The molecule has 0 bridgehead atoms. The molecule has 2 amide bonds. The van der Waals surface area contributed by atoms with Gasteiger partial charge in [0.2, 0.25) is 15.9 Å². The number of carbonyl (C=O) groups excluding carboxylic acids is 2. The number of carbonyl (C=O) groups is 2. The Kier molecular flexibility index (Phi) is 7.78. The van der Waals surface area contributed by atoms with Crippen LogP contribution in [0.2, 0.25) is 5.02 Å². The van der Waals surface area contributed by atoms with Crippen molar-refractivity contribution >= 4 is 39.1 Å². The second-order valence-corrected chi connectivity index (χ2v) is 9.23. The van der Waals surface area contributed by atoms with E-state index in [1.807, 2.05) is 13.8 Å². The molecule has 0 fully saturated rings. The van der Waals surface area contributed by atoms with Gasteiger partial charge in [0.1, 0.15) is 0 Å². The number of para-hydroxylation sites is 1. The predicted octanol–water partition coefficient (Wildman–Crippen LogP) is 2.88. The average molecular weight is 438 g/mol. The summed E-state index contributed by atoms with van der Waals surface area (Å²) in [5.41, 5.74) is 1.19. The van der Waals surface area contributed by atoms with Crippen molar-refractivity contribution in [2.24, 2.45) is 0 Å². The third-order valence-corrected chi connectivity index (χ3v) is 5.52. The van der Waals surface area contributed by atoms with Gasteiger partial charge in [-0.3, -0.25) is 9.59 Å². The van der Waals surface area contributed by atoms with E-state index in [0.29, 0.717) is 21.8 Å². The molecule has 2 rings (SSSR count). The molecule has 0 heterocycles. The van der Waals surface area contributed by atoms with E-state index in [1.54, 1.807) is 48.5 Å². The molecular weight excluding hydrogens is 414 g/mol. The maximum atomic E-state index is 12.6. The molecule has 2 N–H and O–H groups in total. The standard InChI is InChI=1S/C20H24ClN3O4S/c1-14(2)22-20(26)16-9-5-7-11-18(16)23-19(25)13-24(29(3,27)28)12-15-8-4-6-10-17(15)21/h4-11,14H,12-13H2,1-3H3,(H,22,26)(H,23,25). The SMILES string of the molecule is CC(C)NC(=O)c1ccccc1NC(=O)CN(Cc1ccccc1Cl)S(C)(=O)=O. The predicted molar refractivity (Wildman–Crippen MR) is 114 cm³/mol. The molecule has 156 valence electrons. The number of hydrogen-bond donors (Lipinski definition) is 2. The van der Waals surface area contributed by atoms with Crippen LogP contribution in [0.3, 0.4) is 0 Å². The second-order valence-electron chi connectivity index (χ2n) is 6.84. The number of hydrogen-bond acceptors (Lipinski definition) is 4. The monoisotopic (exact) mass is 437 g/mol. The van der Waals surface area contributed by atoms with Crippen molar-refractivity contribution in [1.82, 2.24) is 9.62 Å². The van der Waals surface area contributed by atoms with Crippen LogP contribution >= 0.6 is 11.6 Å². The number of amides is 2. The Balaban J connectivity index is 2.17. The van der Waals surface area contributed by atoms with Crippen LogP contribution in [0.25, 0.3) is 0 Å². The van der Waals surface area contributed by atoms with Crippen LogP contribution in [0.15, 0.2) is 48.5 Å². The minimum Gasteiger partial charge on any atom is -0.350 e. The molecule has 29 heavy (non-hydrogen) atoms. The maximum Gasteiger partial charge on any atom is 0.253 e. The number of anilines is 1. The van der Waals surface area contributed by atoms with Crippen LogP contribution in [-0.2, 0) is 21.4 Å². The normalized spacial score (nSPS) is 11.5. The van der Waals surface area contributed by atoms with Gasteiger partial charge in [0.15, 0.2) is 0 Å². The first-order chi connectivity index (χ1) is 13.6. The van der Waals surface area contributed by atoms with E-state index in [-0.39, 0.29) is 18.5 Å². The molecule has 0 aliphatic carbocycles. The van der Waals surface area contributed by atoms with Crippen molar-refractivity contribution in [3.8, 4) is 0 Å². The van der Waals surface area contributed by atoms with Crippen molar-refractivity contribution < 1.29 is 18.0 Å². The molecule has 0 aromatic heterocycles. The van der Waals surface area contributed by atoms with Crippen LogP contribution in [0.5, 0.6) is 0 Å². The lowest BCUT2D eigenvalue weighted by Crippen LogP contribution is -2.37. The summed E-state index contributed by atoms with van der Waals surface area (Å²) in [4.78, 5) is 24.9. The topological polar surface area (TPSA) is 95.6 Å². The smallest absolute Gasteiger partial charge is 0.253 e. The van der Waals surface area contributed by atoms with E-state index in [9.17, 15) is 18.0 Å². The third kappa shape index (κ3) is 6.85. The summed E-state index contributed by atoms with van der Waals surface area (Å²) in [6.07, 6.45) is 1.03. The lowest BCUT2D eigenvalue weighted by Gasteiger charge is -2.20. The fraction of sp³-hybridized carbons (Fsp3) is 0.300. The minimum atomic E-state index is -3.67. The van der Waals surface area contributed by atoms with Gasteiger partial charge < -0.3 is 10.6 Å². The van der Waals surface area contributed by atoms with Crippen LogP contribution < -0.4 is 10.6 Å². The Hall–Kier alpha value is -2.42. The van der Waals surface area contributed by atoms with Gasteiger partial charge in [-0.15, -0.1) is 0 Å². The maximum absolute atomic E-state index is 12.6. The Morgan fingerprint density at radius 1 is 1.07 bits per heavy atom. The number of halogens is 1. The highest BCUT2D eigenvalue weighted by atomic mass is 35.5. The zero-order valence-electron chi connectivity index (χ0n) is 16.5. The quantitative estimate of drug-likeness (QED) is 0.663. The largest absolute Gasteiger partial charge is 0.350 e. The molecule has 0 aliphatic heterocycles. The van der Waals surface area contributed by atoms with Crippen LogP contribution in [0.1, 0.15) is 29.8 Å². The van der Waals surface area contributed by atoms with Gasteiger partial charge >= 0.3 is 0 Å². The van der Waals surface area contributed by atoms with Gasteiger partial charge in [0, 0.05) is 17.6 Å². The first-order valence-corrected chi connectivity index (χ1v) is 11.2. The van der Waals surface area contributed by atoms with Crippen molar-refractivity contribution in [3.63, 3.8) is 0 Å². The summed E-state index contributed by atoms with van der Waals surface area (Å²) in [5, 5.41) is 5.81. The van der Waals surface area contributed by atoms with Crippen molar-refractivity contribution in [2.45, 2.75) is 26.4 Å². The van der Waals surface area contributed by atoms with Crippen molar-refractivity contribution in [3.05, 3.63) is 64.7 Å². The fourth-order valence-electron chi connectivity index (χ4n) is 2.59. The molecule has 0 saturated heterocycles. The number of rotatable bonds is 8. The highest BCUT2D eigenvalue weighted by molar-refractivity contribution is 7.88.